The molecule has 0 saturated heterocycles. The quantitative estimate of drug-likeness (QED) is 0.872. The maximum Gasteiger partial charge on any atom is 0.135 e. The molecule has 0 aliphatic heterocycles. The first-order chi connectivity index (χ1) is 9.08. The highest BCUT2D eigenvalue weighted by Crippen LogP contribution is 2.24. The second-order valence-corrected chi connectivity index (χ2v) is 4.86. The van der Waals surface area contributed by atoms with Crippen LogP contribution in [-0.2, 0) is 6.54 Å². The Morgan fingerprint density at radius 1 is 1.26 bits per heavy atom. The average molecular weight is 265 g/mol. The molecular weight excluding hydrogens is 248 g/mol. The number of benzene rings is 1. The molecule has 2 N–H and O–H groups in total. The van der Waals surface area contributed by atoms with E-state index in [0.29, 0.717) is 24.0 Å². The van der Waals surface area contributed by atoms with Gasteiger partial charge >= 0.3 is 0 Å². The van der Waals surface area contributed by atoms with Crippen LogP contribution in [0.25, 0.3) is 11.3 Å². The topological polar surface area (TPSA) is 40.7 Å². The molecule has 0 saturated carbocycles. The smallest absolute Gasteiger partial charge is 0.135 e. The maximum absolute atomic E-state index is 13.6. The average Bonchev–Trinajstić information content (AvgIpc) is 2.77. The third-order valence-corrected chi connectivity index (χ3v) is 2.71. The lowest BCUT2D eigenvalue weighted by molar-refractivity contribution is 0.544. The van der Waals surface area contributed by atoms with Crippen molar-refractivity contribution in [3.63, 3.8) is 0 Å². The lowest BCUT2D eigenvalue weighted by Gasteiger charge is -2.05. The summed E-state index contributed by atoms with van der Waals surface area (Å²) in [6.45, 7) is 5.63. The van der Waals surface area contributed by atoms with Crippen LogP contribution in [0.3, 0.4) is 0 Å². The number of aromatic nitrogens is 2. The van der Waals surface area contributed by atoms with Crippen LogP contribution in [0, 0.1) is 17.6 Å². The fraction of sp³-hybridized carbons (Fsp3) is 0.357. The van der Waals surface area contributed by atoms with E-state index < -0.39 is 11.6 Å². The summed E-state index contributed by atoms with van der Waals surface area (Å²) in [5.74, 6) is 0.0208. The first-order valence-corrected chi connectivity index (χ1v) is 6.27. The number of H-pyrrole nitrogens is 1. The molecule has 0 fully saturated rings. The van der Waals surface area contributed by atoms with E-state index in [2.05, 4.69) is 29.1 Å². The molecular formula is C14H17F2N3. The highest BCUT2D eigenvalue weighted by atomic mass is 19.1. The van der Waals surface area contributed by atoms with Crippen molar-refractivity contribution in [2.45, 2.75) is 20.4 Å². The van der Waals surface area contributed by atoms with Crippen molar-refractivity contribution in [2.24, 2.45) is 5.92 Å². The SMILES string of the molecule is CC(C)CNCc1ncc(-c2c(F)cccc2F)[nH]1. The van der Waals surface area contributed by atoms with E-state index in [4.69, 9.17) is 0 Å². The number of imidazole rings is 1. The summed E-state index contributed by atoms with van der Waals surface area (Å²) in [5.41, 5.74) is 0.294. The molecule has 2 aromatic rings. The van der Waals surface area contributed by atoms with E-state index in [1.165, 1.54) is 24.4 Å². The molecule has 5 heteroatoms. The van der Waals surface area contributed by atoms with E-state index in [0.717, 1.165) is 6.54 Å². The molecule has 2 rings (SSSR count). The van der Waals surface area contributed by atoms with Crippen LogP contribution in [0.2, 0.25) is 0 Å². The van der Waals surface area contributed by atoms with Gasteiger partial charge in [-0.1, -0.05) is 19.9 Å². The molecule has 1 aromatic carbocycles. The van der Waals surface area contributed by atoms with Gasteiger partial charge < -0.3 is 10.3 Å². The van der Waals surface area contributed by atoms with Crippen LogP contribution in [0.5, 0.6) is 0 Å². The molecule has 1 heterocycles. The normalized spacial score (nSPS) is 11.2. The minimum Gasteiger partial charge on any atom is -0.341 e. The van der Waals surface area contributed by atoms with Crippen molar-refractivity contribution in [3.8, 4) is 11.3 Å². The highest BCUT2D eigenvalue weighted by Gasteiger charge is 2.13. The number of aromatic amines is 1. The van der Waals surface area contributed by atoms with Crippen molar-refractivity contribution in [3.05, 3.63) is 41.9 Å². The maximum atomic E-state index is 13.6. The van der Waals surface area contributed by atoms with Crippen LogP contribution in [0.15, 0.2) is 24.4 Å². The number of halogens is 2. The molecule has 0 aliphatic carbocycles. The third kappa shape index (κ3) is 3.38. The van der Waals surface area contributed by atoms with Gasteiger partial charge in [-0.2, -0.15) is 0 Å². The zero-order valence-corrected chi connectivity index (χ0v) is 11.0. The molecule has 3 nitrogen and oxygen atoms in total. The molecule has 0 spiro atoms. The summed E-state index contributed by atoms with van der Waals surface area (Å²) >= 11 is 0. The predicted octanol–water partition coefficient (Wildman–Crippen LogP) is 3.10. The van der Waals surface area contributed by atoms with Gasteiger partial charge in [0.05, 0.1) is 24.0 Å². The van der Waals surface area contributed by atoms with Crippen LogP contribution >= 0.6 is 0 Å². The molecule has 0 aliphatic rings. The summed E-state index contributed by atoms with van der Waals surface area (Å²) in [5, 5.41) is 3.21. The molecule has 19 heavy (non-hydrogen) atoms. The largest absolute Gasteiger partial charge is 0.341 e. The summed E-state index contributed by atoms with van der Waals surface area (Å²) in [7, 11) is 0. The van der Waals surface area contributed by atoms with E-state index >= 15 is 0 Å². The fourth-order valence-electron chi connectivity index (χ4n) is 1.81. The van der Waals surface area contributed by atoms with Crippen molar-refractivity contribution in [1.29, 1.82) is 0 Å². The number of rotatable bonds is 5. The van der Waals surface area contributed by atoms with E-state index in [1.54, 1.807) is 0 Å². The van der Waals surface area contributed by atoms with E-state index in [-0.39, 0.29) is 5.56 Å². The van der Waals surface area contributed by atoms with Crippen molar-refractivity contribution >= 4 is 0 Å². The minimum atomic E-state index is -0.592. The lowest BCUT2D eigenvalue weighted by Crippen LogP contribution is -2.19. The Morgan fingerprint density at radius 2 is 1.95 bits per heavy atom. The minimum absolute atomic E-state index is 0.0647. The number of hydrogen-bond donors (Lipinski definition) is 2. The molecule has 0 atom stereocenters. The van der Waals surface area contributed by atoms with Crippen molar-refractivity contribution in [1.82, 2.24) is 15.3 Å². The molecule has 0 unspecified atom stereocenters. The van der Waals surface area contributed by atoms with Gasteiger partial charge in [0.1, 0.15) is 17.5 Å². The molecule has 0 amide bonds. The molecule has 0 bridgehead atoms. The zero-order valence-electron chi connectivity index (χ0n) is 11.0. The first kappa shape index (κ1) is 13.7. The Morgan fingerprint density at radius 3 is 2.58 bits per heavy atom. The van der Waals surface area contributed by atoms with Gasteiger partial charge in [-0.05, 0) is 24.6 Å². The molecule has 0 radical (unpaired) electrons. The van der Waals surface area contributed by atoms with Gasteiger partial charge in [0, 0.05) is 0 Å². The zero-order chi connectivity index (χ0) is 13.8. The van der Waals surface area contributed by atoms with Gasteiger partial charge in [0.15, 0.2) is 0 Å². The summed E-state index contributed by atoms with van der Waals surface area (Å²) in [4.78, 5) is 7.05. The fourth-order valence-corrected chi connectivity index (χ4v) is 1.81. The Hall–Kier alpha value is -1.75. The van der Waals surface area contributed by atoms with Gasteiger partial charge in [-0.25, -0.2) is 13.8 Å². The monoisotopic (exact) mass is 265 g/mol. The Bertz CT molecular complexity index is 529. The van der Waals surface area contributed by atoms with E-state index in [1.807, 2.05) is 0 Å². The van der Waals surface area contributed by atoms with Gasteiger partial charge in [0.2, 0.25) is 0 Å². The lowest BCUT2D eigenvalue weighted by atomic mass is 10.1. The van der Waals surface area contributed by atoms with Gasteiger partial charge in [-0.15, -0.1) is 0 Å². The van der Waals surface area contributed by atoms with Gasteiger partial charge in [0.25, 0.3) is 0 Å². The number of nitrogens with one attached hydrogen (secondary N) is 2. The number of hydrogen-bond acceptors (Lipinski definition) is 2. The van der Waals surface area contributed by atoms with Crippen LogP contribution in [-0.4, -0.2) is 16.5 Å². The number of nitrogens with zero attached hydrogens (tertiary/aromatic N) is 1. The second-order valence-electron chi connectivity index (χ2n) is 4.86. The van der Waals surface area contributed by atoms with Crippen LogP contribution < -0.4 is 5.32 Å². The van der Waals surface area contributed by atoms with Crippen molar-refractivity contribution in [2.75, 3.05) is 6.54 Å². The standard InChI is InChI=1S/C14H17F2N3/c1-9(2)6-17-8-13-18-7-12(19-13)14-10(15)4-3-5-11(14)16/h3-5,7,9,17H,6,8H2,1-2H3,(H,18,19). The predicted molar refractivity (Wildman–Crippen MR) is 70.5 cm³/mol. The summed E-state index contributed by atoms with van der Waals surface area (Å²) in [6, 6.07) is 3.81. The highest BCUT2D eigenvalue weighted by molar-refractivity contribution is 5.60. The first-order valence-electron chi connectivity index (χ1n) is 6.27. The Labute approximate surface area is 111 Å². The second kappa shape index (κ2) is 5.93. The van der Waals surface area contributed by atoms with Gasteiger partial charge in [-0.3, -0.25) is 0 Å². The van der Waals surface area contributed by atoms with Crippen LogP contribution in [0.1, 0.15) is 19.7 Å². The Kier molecular flexibility index (Phi) is 4.27. The summed E-state index contributed by atoms with van der Waals surface area (Å²) in [6.07, 6.45) is 1.45. The molecule has 1 aromatic heterocycles. The van der Waals surface area contributed by atoms with Crippen molar-refractivity contribution < 1.29 is 8.78 Å². The van der Waals surface area contributed by atoms with Crippen LogP contribution in [0.4, 0.5) is 8.78 Å². The third-order valence-electron chi connectivity index (χ3n) is 2.71. The Balaban J connectivity index is 2.12. The summed E-state index contributed by atoms with van der Waals surface area (Å²) < 4.78 is 27.2. The molecule has 102 valence electrons. The van der Waals surface area contributed by atoms with E-state index in [9.17, 15) is 8.78 Å².